The van der Waals surface area contributed by atoms with Gasteiger partial charge >= 0.3 is 0 Å². The summed E-state index contributed by atoms with van der Waals surface area (Å²) in [6.07, 6.45) is 3.54. The molecule has 3 aromatic heterocycles. The number of carbonyl (C=O) groups is 1. The summed E-state index contributed by atoms with van der Waals surface area (Å²) in [5.41, 5.74) is 1.48. The smallest absolute Gasteiger partial charge is 0.264 e. The molecule has 5 rings (SSSR count). The van der Waals surface area contributed by atoms with Crippen molar-refractivity contribution in [3.05, 3.63) is 38.7 Å². The van der Waals surface area contributed by atoms with Crippen LogP contribution in [0.3, 0.4) is 0 Å². The molecule has 1 aliphatic heterocycles. The Morgan fingerprint density at radius 1 is 1.20 bits per heavy atom. The topological polar surface area (TPSA) is 49.3 Å². The maximum Gasteiger partial charge on any atom is 0.264 e. The maximum absolute atomic E-state index is 12.7. The van der Waals surface area contributed by atoms with Crippen molar-refractivity contribution in [2.24, 2.45) is 5.92 Å². The van der Waals surface area contributed by atoms with Crippen LogP contribution in [0.15, 0.2) is 17.5 Å². The predicted octanol–water partition coefficient (Wildman–Crippen LogP) is 4.96. The summed E-state index contributed by atoms with van der Waals surface area (Å²) in [6.45, 7) is 9.80. The molecule has 7 heteroatoms. The highest BCUT2D eigenvalue weighted by molar-refractivity contribution is 7.19. The van der Waals surface area contributed by atoms with Gasteiger partial charge in [0.15, 0.2) is 0 Å². The van der Waals surface area contributed by atoms with E-state index in [2.05, 4.69) is 25.7 Å². The fourth-order valence-electron chi connectivity index (χ4n) is 4.50. The largest absolute Gasteiger partial charge is 0.352 e. The number of anilines is 1. The summed E-state index contributed by atoms with van der Waals surface area (Å²) < 4.78 is 0. The average molecular weight is 441 g/mol. The van der Waals surface area contributed by atoms with Gasteiger partial charge in [-0.05, 0) is 42.2 Å². The number of piperazine rings is 1. The van der Waals surface area contributed by atoms with Crippen molar-refractivity contribution in [3.8, 4) is 0 Å². The fourth-order valence-corrected chi connectivity index (χ4v) is 6.58. The van der Waals surface area contributed by atoms with E-state index in [9.17, 15) is 4.79 Å². The van der Waals surface area contributed by atoms with E-state index in [-0.39, 0.29) is 5.91 Å². The molecule has 0 aromatic carbocycles. The van der Waals surface area contributed by atoms with Crippen LogP contribution in [-0.2, 0) is 12.8 Å². The molecule has 3 aromatic rings. The van der Waals surface area contributed by atoms with E-state index in [1.807, 2.05) is 33.7 Å². The lowest BCUT2D eigenvalue weighted by atomic mass is 9.89. The molecular formula is C23H28N4OS2. The Kier molecular flexibility index (Phi) is 5.27. The molecule has 1 amide bonds. The van der Waals surface area contributed by atoms with Crippen LogP contribution >= 0.6 is 22.7 Å². The Morgan fingerprint density at radius 3 is 2.70 bits per heavy atom. The SMILES string of the molecule is CC(C)c1nc(N2CCN(C(=O)c3cccs3)CC2)c2c3c(sc2n1)C[C@@H](C)CC3. The number of thiophene rings is 2. The lowest BCUT2D eigenvalue weighted by Gasteiger charge is -2.36. The highest BCUT2D eigenvalue weighted by Gasteiger charge is 2.29. The number of aryl methyl sites for hydroxylation is 1. The Morgan fingerprint density at radius 2 is 2.00 bits per heavy atom. The zero-order valence-corrected chi connectivity index (χ0v) is 19.5. The van der Waals surface area contributed by atoms with Gasteiger partial charge in [0.05, 0.1) is 10.3 Å². The molecule has 1 atom stereocenters. The van der Waals surface area contributed by atoms with Crippen LogP contribution in [0.1, 0.15) is 59.0 Å². The van der Waals surface area contributed by atoms with Gasteiger partial charge in [-0.1, -0.05) is 26.8 Å². The van der Waals surface area contributed by atoms with Crippen molar-refractivity contribution in [1.82, 2.24) is 14.9 Å². The van der Waals surface area contributed by atoms with E-state index < -0.39 is 0 Å². The summed E-state index contributed by atoms with van der Waals surface area (Å²) in [7, 11) is 0. The van der Waals surface area contributed by atoms with Gasteiger partial charge in [-0.3, -0.25) is 4.79 Å². The van der Waals surface area contributed by atoms with E-state index >= 15 is 0 Å². The first kappa shape index (κ1) is 19.9. The van der Waals surface area contributed by atoms with Crippen molar-refractivity contribution in [1.29, 1.82) is 0 Å². The molecule has 5 nitrogen and oxygen atoms in total. The third-order valence-corrected chi connectivity index (χ3v) is 8.27. The second-order valence-electron chi connectivity index (χ2n) is 8.85. The minimum Gasteiger partial charge on any atom is -0.352 e. The summed E-state index contributed by atoms with van der Waals surface area (Å²) in [5, 5.41) is 3.25. The number of amides is 1. The normalized spacial score (nSPS) is 19.5. The fraction of sp³-hybridized carbons (Fsp3) is 0.522. The summed E-state index contributed by atoms with van der Waals surface area (Å²) >= 11 is 3.40. The van der Waals surface area contributed by atoms with E-state index in [4.69, 9.17) is 9.97 Å². The Hall–Kier alpha value is -1.99. The van der Waals surface area contributed by atoms with E-state index in [0.717, 1.165) is 66.3 Å². The van der Waals surface area contributed by atoms with Gasteiger partial charge < -0.3 is 9.80 Å². The highest BCUT2D eigenvalue weighted by Crippen LogP contribution is 2.41. The molecule has 0 saturated carbocycles. The van der Waals surface area contributed by atoms with Gasteiger partial charge in [-0.15, -0.1) is 22.7 Å². The molecule has 0 unspecified atom stereocenters. The number of nitrogens with zero attached hydrogens (tertiary/aromatic N) is 4. The van der Waals surface area contributed by atoms with Crippen LogP contribution in [0.2, 0.25) is 0 Å². The van der Waals surface area contributed by atoms with Gasteiger partial charge in [-0.25, -0.2) is 9.97 Å². The van der Waals surface area contributed by atoms with E-state index in [1.165, 1.54) is 33.6 Å². The Labute approximate surface area is 185 Å². The predicted molar refractivity (Wildman–Crippen MR) is 125 cm³/mol. The molecule has 0 spiro atoms. The minimum absolute atomic E-state index is 0.155. The lowest BCUT2D eigenvalue weighted by molar-refractivity contribution is 0.0751. The Balaban J connectivity index is 1.47. The molecule has 1 aliphatic carbocycles. The van der Waals surface area contributed by atoms with Crippen LogP contribution in [0.4, 0.5) is 5.82 Å². The number of fused-ring (bicyclic) bond motifs is 3. The summed E-state index contributed by atoms with van der Waals surface area (Å²) in [5.74, 6) is 3.23. The molecule has 0 bridgehead atoms. The number of hydrogen-bond acceptors (Lipinski definition) is 6. The van der Waals surface area contributed by atoms with Gasteiger partial charge in [0.1, 0.15) is 16.5 Å². The number of rotatable bonds is 3. The first-order valence-corrected chi connectivity index (χ1v) is 12.6. The molecule has 4 heterocycles. The van der Waals surface area contributed by atoms with Gasteiger partial charge in [0.2, 0.25) is 0 Å². The highest BCUT2D eigenvalue weighted by atomic mass is 32.1. The molecule has 158 valence electrons. The van der Waals surface area contributed by atoms with Crippen LogP contribution < -0.4 is 4.90 Å². The summed E-state index contributed by atoms with van der Waals surface area (Å²) in [4.78, 5) is 30.6. The van der Waals surface area contributed by atoms with Crippen molar-refractivity contribution >= 4 is 44.6 Å². The average Bonchev–Trinajstić information content (AvgIpc) is 3.40. The van der Waals surface area contributed by atoms with Crippen molar-refractivity contribution in [3.63, 3.8) is 0 Å². The molecular weight excluding hydrogens is 412 g/mol. The van der Waals surface area contributed by atoms with Crippen molar-refractivity contribution in [2.75, 3.05) is 31.1 Å². The van der Waals surface area contributed by atoms with Crippen LogP contribution in [0.25, 0.3) is 10.2 Å². The second kappa shape index (κ2) is 7.93. The van der Waals surface area contributed by atoms with Gasteiger partial charge in [-0.2, -0.15) is 0 Å². The van der Waals surface area contributed by atoms with Crippen molar-refractivity contribution in [2.45, 2.75) is 46.0 Å². The molecule has 0 N–H and O–H groups in total. The number of carbonyl (C=O) groups excluding carboxylic acids is 1. The molecule has 30 heavy (non-hydrogen) atoms. The van der Waals surface area contributed by atoms with E-state index in [1.54, 1.807) is 0 Å². The Bertz CT molecular complexity index is 1060. The molecule has 0 radical (unpaired) electrons. The lowest BCUT2D eigenvalue weighted by Crippen LogP contribution is -2.49. The van der Waals surface area contributed by atoms with Gasteiger partial charge in [0.25, 0.3) is 5.91 Å². The third kappa shape index (κ3) is 3.52. The summed E-state index contributed by atoms with van der Waals surface area (Å²) in [6, 6.07) is 3.86. The number of aromatic nitrogens is 2. The molecule has 2 aliphatic rings. The van der Waals surface area contributed by atoms with Crippen LogP contribution in [0.5, 0.6) is 0 Å². The third-order valence-electron chi connectivity index (χ3n) is 6.27. The molecule has 1 saturated heterocycles. The minimum atomic E-state index is 0.155. The zero-order chi connectivity index (χ0) is 20.8. The maximum atomic E-state index is 12.7. The zero-order valence-electron chi connectivity index (χ0n) is 17.9. The molecule has 1 fully saturated rings. The van der Waals surface area contributed by atoms with Crippen molar-refractivity contribution < 1.29 is 4.79 Å². The quantitative estimate of drug-likeness (QED) is 0.577. The first-order valence-electron chi connectivity index (χ1n) is 10.9. The second-order valence-corrected chi connectivity index (χ2v) is 10.9. The first-order chi connectivity index (χ1) is 14.5. The monoisotopic (exact) mass is 440 g/mol. The van der Waals surface area contributed by atoms with Crippen LogP contribution in [-0.4, -0.2) is 47.0 Å². The standard InChI is InChI=1S/C23H28N4OS2/c1-14(2)20-24-21(19-16-7-6-15(3)13-18(16)30-22(19)25-20)26-8-10-27(11-9-26)23(28)17-5-4-12-29-17/h4-5,12,14-15H,6-11,13H2,1-3H3/t15-/m0/s1. The van der Waals surface area contributed by atoms with Gasteiger partial charge in [0, 0.05) is 37.0 Å². The number of hydrogen-bond donors (Lipinski definition) is 0. The van der Waals surface area contributed by atoms with Crippen LogP contribution in [0, 0.1) is 5.92 Å². The van der Waals surface area contributed by atoms with E-state index in [0.29, 0.717) is 5.92 Å².